The third kappa shape index (κ3) is 3.14. The predicted octanol–water partition coefficient (Wildman–Crippen LogP) is -0.272. The van der Waals surface area contributed by atoms with Crippen molar-refractivity contribution in [2.45, 2.75) is 17.5 Å². The lowest BCUT2D eigenvalue weighted by molar-refractivity contribution is -0.138. The van der Waals surface area contributed by atoms with Crippen LogP contribution in [0.5, 0.6) is 0 Å². The van der Waals surface area contributed by atoms with Crippen LogP contribution in [0.3, 0.4) is 0 Å². The highest BCUT2D eigenvalue weighted by atomic mass is 32.2. The van der Waals surface area contributed by atoms with E-state index in [4.69, 9.17) is 5.11 Å². The molecule has 1 aromatic heterocycles. The average molecular weight is 259 g/mol. The highest BCUT2D eigenvalue weighted by Gasteiger charge is 2.26. The normalized spacial score (nSPS) is 13.2. The largest absolute Gasteiger partial charge is 0.480 e. The van der Waals surface area contributed by atoms with Crippen LogP contribution in [0.15, 0.2) is 29.9 Å². The van der Waals surface area contributed by atoms with Gasteiger partial charge in [-0.3, -0.25) is 9.48 Å². The molecule has 0 aromatic carbocycles. The fourth-order valence-corrected chi connectivity index (χ4v) is 2.57. The molecule has 0 radical (unpaired) electrons. The predicted molar refractivity (Wildman–Crippen MR) is 59.8 cm³/mol. The summed E-state index contributed by atoms with van der Waals surface area (Å²) in [5.74, 6) is -1.25. The van der Waals surface area contributed by atoms with Crippen molar-refractivity contribution in [3.8, 4) is 0 Å². The van der Waals surface area contributed by atoms with Gasteiger partial charge in [0.15, 0.2) is 5.03 Å². The lowest BCUT2D eigenvalue weighted by Crippen LogP contribution is -2.40. The number of hydrogen-bond acceptors (Lipinski definition) is 4. The molecule has 0 aliphatic carbocycles. The zero-order valence-corrected chi connectivity index (χ0v) is 10.0. The maximum atomic E-state index is 11.8. The molecule has 1 heterocycles. The van der Waals surface area contributed by atoms with Crippen molar-refractivity contribution in [2.75, 3.05) is 0 Å². The lowest BCUT2D eigenvalue weighted by atomic mass is 10.2. The van der Waals surface area contributed by atoms with Crippen LogP contribution in [0.2, 0.25) is 0 Å². The van der Waals surface area contributed by atoms with E-state index >= 15 is 0 Å². The minimum atomic E-state index is -3.89. The maximum absolute atomic E-state index is 11.8. The summed E-state index contributed by atoms with van der Waals surface area (Å²) in [7, 11) is -2.44. The van der Waals surface area contributed by atoms with E-state index in [0.717, 1.165) is 4.68 Å². The van der Waals surface area contributed by atoms with E-state index in [9.17, 15) is 13.2 Å². The molecule has 7 nitrogen and oxygen atoms in total. The molecule has 0 aliphatic rings. The van der Waals surface area contributed by atoms with Gasteiger partial charge in [0.2, 0.25) is 0 Å². The first-order chi connectivity index (χ1) is 7.88. The van der Waals surface area contributed by atoms with Crippen LogP contribution in [0.25, 0.3) is 0 Å². The number of hydrogen-bond donors (Lipinski definition) is 2. The summed E-state index contributed by atoms with van der Waals surface area (Å²) in [4.78, 5) is 10.8. The summed E-state index contributed by atoms with van der Waals surface area (Å²) in [6.45, 7) is 3.38. The molecule has 0 amide bonds. The monoisotopic (exact) mass is 259 g/mol. The molecule has 1 unspecified atom stereocenters. The zero-order valence-electron chi connectivity index (χ0n) is 9.20. The third-order valence-electron chi connectivity index (χ3n) is 2.05. The third-order valence-corrected chi connectivity index (χ3v) is 3.59. The summed E-state index contributed by atoms with van der Waals surface area (Å²) in [6, 6.07) is 0.0576. The first kappa shape index (κ1) is 13.4. The van der Waals surface area contributed by atoms with Gasteiger partial charge in [0.05, 0.1) is 6.20 Å². The molecule has 8 heteroatoms. The number of nitrogens with one attached hydrogen (secondary N) is 1. The van der Waals surface area contributed by atoms with Crippen LogP contribution in [-0.2, 0) is 21.9 Å². The SMILES string of the molecule is C=CCC(NS(=O)(=O)c1ccnn1C)C(=O)O. The molecule has 1 atom stereocenters. The Morgan fingerprint density at radius 1 is 1.76 bits per heavy atom. The Bertz CT molecular complexity index is 520. The van der Waals surface area contributed by atoms with Crippen molar-refractivity contribution in [3.05, 3.63) is 24.9 Å². The Kier molecular flexibility index (Phi) is 4.02. The number of carbonyl (C=O) groups is 1. The molecule has 1 rings (SSSR count). The molecule has 0 saturated carbocycles. The van der Waals surface area contributed by atoms with Gasteiger partial charge in [0.1, 0.15) is 6.04 Å². The van der Waals surface area contributed by atoms with Crippen molar-refractivity contribution in [2.24, 2.45) is 7.05 Å². The lowest BCUT2D eigenvalue weighted by Gasteiger charge is -2.12. The second kappa shape index (κ2) is 5.11. The summed E-state index contributed by atoms with van der Waals surface area (Å²) in [5, 5.41) is 12.5. The maximum Gasteiger partial charge on any atom is 0.322 e. The van der Waals surface area contributed by atoms with Crippen molar-refractivity contribution >= 4 is 16.0 Å². The van der Waals surface area contributed by atoms with Crippen LogP contribution in [0.4, 0.5) is 0 Å². The molecule has 94 valence electrons. The summed E-state index contributed by atoms with van der Waals surface area (Å²) >= 11 is 0. The van der Waals surface area contributed by atoms with E-state index in [0.29, 0.717) is 0 Å². The van der Waals surface area contributed by atoms with E-state index in [1.165, 1.54) is 25.4 Å². The fourth-order valence-electron chi connectivity index (χ4n) is 1.24. The summed E-state index contributed by atoms with van der Waals surface area (Å²) in [5.41, 5.74) is 0. The fraction of sp³-hybridized carbons (Fsp3) is 0.333. The highest BCUT2D eigenvalue weighted by Crippen LogP contribution is 2.08. The van der Waals surface area contributed by atoms with Crippen LogP contribution in [0.1, 0.15) is 6.42 Å². The Morgan fingerprint density at radius 3 is 2.82 bits per heavy atom. The van der Waals surface area contributed by atoms with E-state index in [1.807, 2.05) is 0 Å². The molecule has 0 saturated heterocycles. The van der Waals surface area contributed by atoms with E-state index < -0.39 is 22.0 Å². The number of rotatable bonds is 6. The average Bonchev–Trinajstić information content (AvgIpc) is 2.64. The summed E-state index contributed by atoms with van der Waals surface area (Å²) < 4.78 is 26.9. The van der Waals surface area contributed by atoms with Crippen molar-refractivity contribution in [1.82, 2.24) is 14.5 Å². The van der Waals surface area contributed by atoms with Gasteiger partial charge >= 0.3 is 5.97 Å². The van der Waals surface area contributed by atoms with Crippen LogP contribution in [-0.4, -0.2) is 35.3 Å². The standard InChI is InChI=1S/C9H13N3O4S/c1-3-4-7(9(13)14)11-17(15,16)8-5-6-10-12(8)2/h3,5-7,11H,1,4H2,2H3,(H,13,14). The van der Waals surface area contributed by atoms with Crippen molar-refractivity contribution < 1.29 is 18.3 Å². The van der Waals surface area contributed by atoms with Gasteiger partial charge in [-0.05, 0) is 12.5 Å². The topological polar surface area (TPSA) is 101 Å². The molecule has 0 aliphatic heterocycles. The second-order valence-corrected chi connectivity index (χ2v) is 4.99. The number of aryl methyl sites for hydroxylation is 1. The summed E-state index contributed by atoms with van der Waals surface area (Å²) in [6.07, 6.45) is 2.66. The second-order valence-electron chi connectivity index (χ2n) is 3.33. The number of carboxylic acid groups (broad SMARTS) is 1. The van der Waals surface area contributed by atoms with Gasteiger partial charge in [0.25, 0.3) is 10.0 Å². The Morgan fingerprint density at radius 2 is 2.41 bits per heavy atom. The van der Waals surface area contributed by atoms with Gasteiger partial charge in [-0.15, -0.1) is 6.58 Å². The van der Waals surface area contributed by atoms with E-state index in [1.54, 1.807) is 0 Å². The smallest absolute Gasteiger partial charge is 0.322 e. The van der Waals surface area contributed by atoms with Gasteiger partial charge in [-0.1, -0.05) is 6.08 Å². The molecule has 1 aromatic rings. The molecule has 0 fully saturated rings. The zero-order chi connectivity index (χ0) is 13.1. The van der Waals surface area contributed by atoms with E-state index in [-0.39, 0.29) is 11.4 Å². The van der Waals surface area contributed by atoms with Gasteiger partial charge in [-0.25, -0.2) is 8.42 Å². The Labute approximate surface area is 98.8 Å². The quantitative estimate of drug-likeness (QED) is 0.685. The van der Waals surface area contributed by atoms with Crippen molar-refractivity contribution in [1.29, 1.82) is 0 Å². The van der Waals surface area contributed by atoms with Gasteiger partial charge < -0.3 is 5.11 Å². The van der Waals surface area contributed by atoms with Crippen LogP contribution < -0.4 is 4.72 Å². The van der Waals surface area contributed by atoms with E-state index in [2.05, 4.69) is 16.4 Å². The van der Waals surface area contributed by atoms with Crippen LogP contribution in [0, 0.1) is 0 Å². The number of aromatic nitrogens is 2. The molecule has 0 bridgehead atoms. The Balaban J connectivity index is 2.97. The van der Waals surface area contributed by atoms with Crippen molar-refractivity contribution in [3.63, 3.8) is 0 Å². The number of sulfonamides is 1. The minimum Gasteiger partial charge on any atom is -0.480 e. The molecular weight excluding hydrogens is 246 g/mol. The number of nitrogens with zero attached hydrogens (tertiary/aromatic N) is 2. The number of aliphatic carboxylic acids is 1. The first-order valence-corrected chi connectivity index (χ1v) is 6.21. The van der Waals surface area contributed by atoms with Gasteiger partial charge in [-0.2, -0.15) is 9.82 Å². The Hall–Kier alpha value is -1.67. The van der Waals surface area contributed by atoms with Gasteiger partial charge in [0, 0.05) is 7.05 Å². The highest BCUT2D eigenvalue weighted by molar-refractivity contribution is 7.89. The number of carboxylic acids is 1. The molecule has 0 spiro atoms. The molecule has 2 N–H and O–H groups in total. The molecule has 17 heavy (non-hydrogen) atoms. The minimum absolute atomic E-state index is 0.00636. The van der Waals surface area contributed by atoms with Crippen LogP contribution >= 0.6 is 0 Å². The first-order valence-electron chi connectivity index (χ1n) is 4.72. The molecular formula is C9H13N3O4S.